The number of allylic oxidation sites excluding steroid dienone is 1. The van der Waals surface area contributed by atoms with Crippen molar-refractivity contribution < 1.29 is 0 Å². The zero-order chi connectivity index (χ0) is 9.84. The molecule has 0 N–H and O–H groups in total. The first-order chi connectivity index (χ1) is 6.19. The fourth-order valence-electron chi connectivity index (χ4n) is 0.902. The van der Waals surface area contributed by atoms with Gasteiger partial charge in [0.05, 0.1) is 6.20 Å². The maximum atomic E-state index is 8.52. The predicted molar refractivity (Wildman–Crippen MR) is 47.1 cm³/mol. The maximum Gasteiger partial charge on any atom is 0.130 e. The Morgan fingerprint density at radius 2 is 2.15 bits per heavy atom. The Morgan fingerprint density at radius 3 is 2.54 bits per heavy atom. The van der Waals surface area contributed by atoms with E-state index in [1.54, 1.807) is 23.0 Å². The van der Waals surface area contributed by atoms with Gasteiger partial charge in [-0.05, 0) is 13.0 Å². The van der Waals surface area contributed by atoms with Crippen LogP contribution in [0.3, 0.4) is 0 Å². The van der Waals surface area contributed by atoms with Gasteiger partial charge in [-0.1, -0.05) is 0 Å². The van der Waals surface area contributed by atoms with Gasteiger partial charge >= 0.3 is 0 Å². The largest absolute Gasteiger partial charge is 0.272 e. The lowest BCUT2D eigenvalue weighted by Gasteiger charge is -1.92. The van der Waals surface area contributed by atoms with E-state index in [2.05, 4.69) is 5.10 Å². The summed E-state index contributed by atoms with van der Waals surface area (Å²) < 4.78 is 1.69. The Labute approximate surface area is 76.3 Å². The highest BCUT2D eigenvalue weighted by Gasteiger charge is 2.01. The molecule has 4 nitrogen and oxygen atoms in total. The Morgan fingerprint density at radius 1 is 1.54 bits per heavy atom. The first-order valence-electron chi connectivity index (χ1n) is 3.69. The van der Waals surface area contributed by atoms with Crippen LogP contribution in [0.4, 0.5) is 0 Å². The van der Waals surface area contributed by atoms with Crippen molar-refractivity contribution in [3.8, 4) is 12.1 Å². The van der Waals surface area contributed by atoms with Crippen LogP contribution >= 0.6 is 0 Å². The van der Waals surface area contributed by atoms with E-state index in [0.717, 1.165) is 11.3 Å². The summed E-state index contributed by atoms with van der Waals surface area (Å²) in [6, 6.07) is 3.60. The third kappa shape index (κ3) is 1.74. The van der Waals surface area contributed by atoms with Gasteiger partial charge in [0.15, 0.2) is 0 Å². The normalized spacial score (nSPS) is 8.62. The smallest absolute Gasteiger partial charge is 0.130 e. The van der Waals surface area contributed by atoms with Gasteiger partial charge < -0.3 is 0 Å². The molecular weight excluding hydrogens is 164 g/mol. The molecule has 0 aromatic carbocycles. The summed E-state index contributed by atoms with van der Waals surface area (Å²) in [5, 5.41) is 21.0. The van der Waals surface area contributed by atoms with Crippen LogP contribution in [-0.4, -0.2) is 9.78 Å². The number of hydrogen-bond donors (Lipinski definition) is 0. The number of nitriles is 2. The molecule has 0 bridgehead atoms. The van der Waals surface area contributed by atoms with E-state index in [-0.39, 0.29) is 5.57 Å². The van der Waals surface area contributed by atoms with E-state index in [0.29, 0.717) is 0 Å². The van der Waals surface area contributed by atoms with Crippen LogP contribution in [0.25, 0.3) is 6.08 Å². The molecule has 0 saturated heterocycles. The molecule has 0 aliphatic heterocycles. The number of rotatable bonds is 1. The minimum atomic E-state index is 0.0936. The minimum Gasteiger partial charge on any atom is -0.272 e. The molecule has 1 aromatic rings. The van der Waals surface area contributed by atoms with Gasteiger partial charge in [0.2, 0.25) is 0 Å². The van der Waals surface area contributed by atoms with Gasteiger partial charge in [0.1, 0.15) is 17.7 Å². The molecule has 0 aliphatic carbocycles. The second-order valence-corrected chi connectivity index (χ2v) is 2.59. The lowest BCUT2D eigenvalue weighted by molar-refractivity contribution is 0.740. The summed E-state index contributed by atoms with van der Waals surface area (Å²) >= 11 is 0. The first kappa shape index (κ1) is 9.02. The van der Waals surface area contributed by atoms with Crippen LogP contribution in [0.15, 0.2) is 11.8 Å². The van der Waals surface area contributed by atoms with Crippen LogP contribution in [-0.2, 0) is 7.05 Å². The quantitative estimate of drug-likeness (QED) is 0.597. The Bertz CT molecular complexity index is 409. The van der Waals surface area contributed by atoms with Crippen molar-refractivity contribution in [1.82, 2.24) is 9.78 Å². The molecule has 1 aromatic heterocycles. The molecule has 0 aliphatic rings. The van der Waals surface area contributed by atoms with E-state index in [1.807, 2.05) is 14.0 Å². The predicted octanol–water partition coefficient (Wildman–Crippen LogP) is 1.16. The van der Waals surface area contributed by atoms with Crippen LogP contribution in [0.2, 0.25) is 0 Å². The highest BCUT2D eigenvalue weighted by atomic mass is 15.3. The number of hydrogen-bond acceptors (Lipinski definition) is 3. The lowest BCUT2D eigenvalue weighted by atomic mass is 10.2. The Balaban J connectivity index is 3.14. The second kappa shape index (κ2) is 3.55. The molecule has 0 spiro atoms. The molecule has 13 heavy (non-hydrogen) atoms. The van der Waals surface area contributed by atoms with Gasteiger partial charge in [-0.2, -0.15) is 15.6 Å². The zero-order valence-corrected chi connectivity index (χ0v) is 7.44. The molecule has 4 heteroatoms. The second-order valence-electron chi connectivity index (χ2n) is 2.59. The van der Waals surface area contributed by atoms with Crippen LogP contribution in [0.1, 0.15) is 11.3 Å². The summed E-state index contributed by atoms with van der Waals surface area (Å²) in [4.78, 5) is 0. The van der Waals surface area contributed by atoms with Crippen LogP contribution < -0.4 is 0 Å². The van der Waals surface area contributed by atoms with E-state index >= 15 is 0 Å². The SMILES string of the molecule is Cc1c(C=C(C#N)C#N)cnn1C. The van der Waals surface area contributed by atoms with Crippen molar-refractivity contribution in [2.75, 3.05) is 0 Å². The highest BCUT2D eigenvalue weighted by molar-refractivity contribution is 5.62. The van der Waals surface area contributed by atoms with Gasteiger partial charge in [0.25, 0.3) is 0 Å². The minimum absolute atomic E-state index is 0.0936. The molecular formula is C9H8N4. The Hall–Kier alpha value is -2.07. The summed E-state index contributed by atoms with van der Waals surface area (Å²) in [6.07, 6.45) is 3.16. The molecule has 1 rings (SSSR count). The van der Waals surface area contributed by atoms with E-state index in [9.17, 15) is 0 Å². The van der Waals surface area contributed by atoms with Gasteiger partial charge in [-0.3, -0.25) is 4.68 Å². The van der Waals surface area contributed by atoms with Crippen molar-refractivity contribution >= 4 is 6.08 Å². The standard InChI is InChI=1S/C9H8N4/c1-7-9(6-12-13(7)2)3-8(4-10)5-11/h3,6H,1-2H3. The number of nitrogens with zero attached hydrogens (tertiary/aromatic N) is 4. The van der Waals surface area contributed by atoms with E-state index in [1.165, 1.54) is 6.08 Å². The molecule has 1 heterocycles. The number of aromatic nitrogens is 2. The van der Waals surface area contributed by atoms with Gasteiger partial charge in [0, 0.05) is 18.3 Å². The third-order valence-electron chi connectivity index (χ3n) is 1.81. The molecule has 0 amide bonds. The average Bonchev–Trinajstić information content (AvgIpc) is 2.45. The molecule has 0 atom stereocenters. The highest BCUT2D eigenvalue weighted by Crippen LogP contribution is 2.09. The molecule has 0 radical (unpaired) electrons. The van der Waals surface area contributed by atoms with Crippen LogP contribution in [0, 0.1) is 29.6 Å². The summed E-state index contributed by atoms with van der Waals surface area (Å²) in [7, 11) is 1.81. The Kier molecular flexibility index (Phi) is 2.47. The fraction of sp³-hybridized carbons (Fsp3) is 0.222. The van der Waals surface area contributed by atoms with Crippen molar-refractivity contribution in [1.29, 1.82) is 10.5 Å². The van der Waals surface area contributed by atoms with E-state index < -0.39 is 0 Å². The van der Waals surface area contributed by atoms with Crippen LogP contribution in [0.5, 0.6) is 0 Å². The van der Waals surface area contributed by atoms with E-state index in [4.69, 9.17) is 10.5 Å². The zero-order valence-electron chi connectivity index (χ0n) is 7.44. The topological polar surface area (TPSA) is 65.4 Å². The lowest BCUT2D eigenvalue weighted by Crippen LogP contribution is -1.92. The van der Waals surface area contributed by atoms with Gasteiger partial charge in [-0.25, -0.2) is 0 Å². The molecule has 0 saturated carbocycles. The van der Waals surface area contributed by atoms with Crippen molar-refractivity contribution in [2.24, 2.45) is 7.05 Å². The average molecular weight is 172 g/mol. The summed E-state index contributed by atoms with van der Waals surface area (Å²) in [6.45, 7) is 1.88. The molecule has 0 unspecified atom stereocenters. The van der Waals surface area contributed by atoms with Crippen molar-refractivity contribution in [2.45, 2.75) is 6.92 Å². The monoisotopic (exact) mass is 172 g/mol. The number of aryl methyl sites for hydroxylation is 1. The summed E-state index contributed by atoms with van der Waals surface area (Å²) in [5.41, 5.74) is 1.83. The fourth-order valence-corrected chi connectivity index (χ4v) is 0.902. The summed E-state index contributed by atoms with van der Waals surface area (Å²) in [5.74, 6) is 0. The first-order valence-corrected chi connectivity index (χ1v) is 3.69. The van der Waals surface area contributed by atoms with Crippen molar-refractivity contribution in [3.63, 3.8) is 0 Å². The van der Waals surface area contributed by atoms with Crippen molar-refractivity contribution in [3.05, 3.63) is 23.0 Å². The van der Waals surface area contributed by atoms with Gasteiger partial charge in [-0.15, -0.1) is 0 Å². The maximum absolute atomic E-state index is 8.52. The molecule has 64 valence electrons. The molecule has 0 fully saturated rings. The third-order valence-corrected chi connectivity index (χ3v) is 1.81.